The average molecular weight is 325 g/mol. The molecule has 0 fully saturated rings. The van der Waals surface area contributed by atoms with E-state index in [0.717, 1.165) is 31.0 Å². The van der Waals surface area contributed by atoms with Gasteiger partial charge in [0.15, 0.2) is 0 Å². The number of aromatic nitrogens is 2. The van der Waals surface area contributed by atoms with E-state index in [1.807, 2.05) is 24.3 Å². The Morgan fingerprint density at radius 1 is 1.05 bits per heavy atom. The SMILES string of the molecule is CCCNc1ncc(Cl)c(NCCc2ccc(Cl)cc2)n1. The summed E-state index contributed by atoms with van der Waals surface area (Å²) in [5.41, 5.74) is 1.21. The minimum atomic E-state index is 0.521. The topological polar surface area (TPSA) is 49.8 Å². The maximum atomic E-state index is 6.10. The first-order chi connectivity index (χ1) is 10.2. The smallest absolute Gasteiger partial charge is 0.224 e. The minimum Gasteiger partial charge on any atom is -0.368 e. The van der Waals surface area contributed by atoms with Crippen LogP contribution < -0.4 is 10.6 Å². The highest BCUT2D eigenvalue weighted by Gasteiger charge is 2.04. The summed E-state index contributed by atoms with van der Waals surface area (Å²) in [6.45, 7) is 3.67. The van der Waals surface area contributed by atoms with Crippen molar-refractivity contribution in [3.05, 3.63) is 46.1 Å². The Morgan fingerprint density at radius 3 is 2.52 bits per heavy atom. The second-order valence-corrected chi connectivity index (χ2v) is 5.46. The Balaban J connectivity index is 1.91. The molecule has 112 valence electrons. The van der Waals surface area contributed by atoms with Gasteiger partial charge in [-0.2, -0.15) is 4.98 Å². The number of hydrogen-bond acceptors (Lipinski definition) is 4. The lowest BCUT2D eigenvalue weighted by Crippen LogP contribution is -2.10. The lowest BCUT2D eigenvalue weighted by molar-refractivity contribution is 0.947. The van der Waals surface area contributed by atoms with E-state index in [-0.39, 0.29) is 0 Å². The molecule has 21 heavy (non-hydrogen) atoms. The number of anilines is 2. The summed E-state index contributed by atoms with van der Waals surface area (Å²) in [5.74, 6) is 1.24. The molecule has 4 nitrogen and oxygen atoms in total. The lowest BCUT2D eigenvalue weighted by Gasteiger charge is -2.09. The molecular weight excluding hydrogens is 307 g/mol. The van der Waals surface area contributed by atoms with Crippen molar-refractivity contribution in [1.29, 1.82) is 0 Å². The molecule has 2 N–H and O–H groups in total. The molecule has 0 amide bonds. The number of benzene rings is 1. The molecule has 0 saturated carbocycles. The predicted octanol–water partition coefficient (Wildman–Crippen LogP) is 4.26. The average Bonchev–Trinajstić information content (AvgIpc) is 2.50. The molecule has 0 aliphatic rings. The van der Waals surface area contributed by atoms with Crippen molar-refractivity contribution in [2.75, 3.05) is 23.7 Å². The van der Waals surface area contributed by atoms with Gasteiger partial charge in [-0.3, -0.25) is 0 Å². The summed E-state index contributed by atoms with van der Waals surface area (Å²) in [6.07, 6.45) is 3.50. The molecule has 1 aromatic carbocycles. The van der Waals surface area contributed by atoms with Gasteiger partial charge in [-0.05, 0) is 30.5 Å². The van der Waals surface area contributed by atoms with Crippen LogP contribution in [0.2, 0.25) is 10.0 Å². The molecule has 0 saturated heterocycles. The van der Waals surface area contributed by atoms with Crippen LogP contribution in [0.1, 0.15) is 18.9 Å². The van der Waals surface area contributed by atoms with Crippen molar-refractivity contribution in [3.63, 3.8) is 0 Å². The molecule has 2 rings (SSSR count). The van der Waals surface area contributed by atoms with Crippen molar-refractivity contribution in [3.8, 4) is 0 Å². The van der Waals surface area contributed by atoms with E-state index < -0.39 is 0 Å². The Bertz CT molecular complexity index is 572. The molecule has 1 aromatic heterocycles. The van der Waals surface area contributed by atoms with Crippen molar-refractivity contribution in [2.45, 2.75) is 19.8 Å². The molecule has 0 aliphatic heterocycles. The second-order valence-electron chi connectivity index (χ2n) is 4.62. The fourth-order valence-corrected chi connectivity index (χ4v) is 2.07. The van der Waals surface area contributed by atoms with Crippen LogP contribution in [-0.4, -0.2) is 23.1 Å². The zero-order valence-electron chi connectivity index (χ0n) is 11.9. The summed E-state index contributed by atoms with van der Waals surface area (Å²) in [4.78, 5) is 8.51. The van der Waals surface area contributed by atoms with E-state index in [1.165, 1.54) is 5.56 Å². The van der Waals surface area contributed by atoms with Gasteiger partial charge < -0.3 is 10.6 Å². The van der Waals surface area contributed by atoms with Gasteiger partial charge in [-0.25, -0.2) is 4.98 Å². The maximum Gasteiger partial charge on any atom is 0.224 e. The van der Waals surface area contributed by atoms with Crippen LogP contribution in [-0.2, 0) is 6.42 Å². The highest BCUT2D eigenvalue weighted by Crippen LogP contribution is 2.19. The Kier molecular flexibility index (Phi) is 6.08. The van der Waals surface area contributed by atoms with E-state index >= 15 is 0 Å². The van der Waals surface area contributed by atoms with Crippen molar-refractivity contribution in [1.82, 2.24) is 9.97 Å². The molecule has 0 bridgehead atoms. The summed E-state index contributed by atoms with van der Waals surface area (Å²) in [6, 6.07) is 7.81. The number of hydrogen-bond donors (Lipinski definition) is 2. The van der Waals surface area contributed by atoms with E-state index in [2.05, 4.69) is 27.5 Å². The predicted molar refractivity (Wildman–Crippen MR) is 89.5 cm³/mol. The highest BCUT2D eigenvalue weighted by atomic mass is 35.5. The van der Waals surface area contributed by atoms with Crippen LogP contribution in [0.25, 0.3) is 0 Å². The Labute approximate surface area is 134 Å². The molecule has 0 aliphatic carbocycles. The number of nitrogens with one attached hydrogen (secondary N) is 2. The zero-order chi connectivity index (χ0) is 15.1. The number of halogens is 2. The molecule has 0 atom stereocenters. The fourth-order valence-electron chi connectivity index (χ4n) is 1.79. The van der Waals surface area contributed by atoms with Gasteiger partial charge in [0.2, 0.25) is 5.95 Å². The first kappa shape index (κ1) is 15.9. The van der Waals surface area contributed by atoms with Crippen molar-refractivity contribution >= 4 is 35.0 Å². The monoisotopic (exact) mass is 324 g/mol. The van der Waals surface area contributed by atoms with Gasteiger partial charge in [0.1, 0.15) is 10.8 Å². The second kappa shape index (κ2) is 8.05. The van der Waals surface area contributed by atoms with Gasteiger partial charge >= 0.3 is 0 Å². The molecule has 0 radical (unpaired) electrons. The van der Waals surface area contributed by atoms with Gasteiger partial charge in [-0.1, -0.05) is 42.3 Å². The quantitative estimate of drug-likeness (QED) is 0.798. The first-order valence-corrected chi connectivity index (χ1v) is 7.69. The van der Waals surface area contributed by atoms with Crippen LogP contribution in [0, 0.1) is 0 Å². The molecule has 1 heterocycles. The van der Waals surface area contributed by atoms with Gasteiger partial charge in [0, 0.05) is 18.1 Å². The van der Waals surface area contributed by atoms with Crippen molar-refractivity contribution in [2.24, 2.45) is 0 Å². The summed E-state index contributed by atoms with van der Waals surface area (Å²) >= 11 is 12.0. The van der Waals surface area contributed by atoms with Crippen LogP contribution >= 0.6 is 23.2 Å². The third-order valence-corrected chi connectivity index (χ3v) is 3.43. The van der Waals surface area contributed by atoms with Crippen LogP contribution in [0.3, 0.4) is 0 Å². The Morgan fingerprint density at radius 2 is 1.81 bits per heavy atom. The minimum absolute atomic E-state index is 0.521. The largest absolute Gasteiger partial charge is 0.368 e. The van der Waals surface area contributed by atoms with E-state index in [9.17, 15) is 0 Å². The normalized spacial score (nSPS) is 10.4. The van der Waals surface area contributed by atoms with Crippen LogP contribution in [0.15, 0.2) is 30.5 Å². The molecular formula is C15H18Cl2N4. The number of nitrogens with zero attached hydrogens (tertiary/aromatic N) is 2. The van der Waals surface area contributed by atoms with Gasteiger partial charge in [0.05, 0.1) is 6.20 Å². The molecule has 2 aromatic rings. The zero-order valence-corrected chi connectivity index (χ0v) is 13.4. The Hall–Kier alpha value is -1.52. The molecule has 0 unspecified atom stereocenters. The fraction of sp³-hybridized carbons (Fsp3) is 0.333. The van der Waals surface area contributed by atoms with Gasteiger partial charge in [0.25, 0.3) is 0 Å². The maximum absolute atomic E-state index is 6.10. The van der Waals surface area contributed by atoms with E-state index in [4.69, 9.17) is 23.2 Å². The third kappa shape index (κ3) is 5.06. The highest BCUT2D eigenvalue weighted by molar-refractivity contribution is 6.32. The molecule has 0 spiro atoms. The van der Waals surface area contributed by atoms with E-state index in [0.29, 0.717) is 16.8 Å². The molecule has 6 heteroatoms. The van der Waals surface area contributed by atoms with Gasteiger partial charge in [-0.15, -0.1) is 0 Å². The standard InChI is InChI=1S/C15H18Cl2N4/c1-2-8-19-15-20-10-13(17)14(21-15)18-9-7-11-3-5-12(16)6-4-11/h3-6,10H,2,7-9H2,1H3,(H2,18,19,20,21). The first-order valence-electron chi connectivity index (χ1n) is 6.93. The van der Waals surface area contributed by atoms with Crippen LogP contribution in [0.4, 0.5) is 11.8 Å². The summed E-state index contributed by atoms with van der Waals surface area (Å²) < 4.78 is 0. The van der Waals surface area contributed by atoms with Crippen molar-refractivity contribution < 1.29 is 0 Å². The summed E-state index contributed by atoms with van der Waals surface area (Å²) in [7, 11) is 0. The van der Waals surface area contributed by atoms with Crippen LogP contribution in [0.5, 0.6) is 0 Å². The lowest BCUT2D eigenvalue weighted by atomic mass is 10.1. The van der Waals surface area contributed by atoms with E-state index in [1.54, 1.807) is 6.20 Å². The summed E-state index contributed by atoms with van der Waals surface area (Å²) in [5, 5.41) is 7.65. The number of rotatable bonds is 7. The third-order valence-electron chi connectivity index (χ3n) is 2.90.